The number of carboxylic acid groups (broad SMARTS) is 4. The van der Waals surface area contributed by atoms with Crippen LogP contribution in [-0.4, -0.2) is 140 Å². The summed E-state index contributed by atoms with van der Waals surface area (Å²) >= 11 is 0. The van der Waals surface area contributed by atoms with Crippen molar-refractivity contribution >= 4 is 35.8 Å². The molecule has 18 nitrogen and oxygen atoms in total. The molecule has 19 heteroatoms. The van der Waals surface area contributed by atoms with E-state index in [4.69, 9.17) is 60.5 Å². The van der Waals surface area contributed by atoms with Gasteiger partial charge in [-0.1, -0.05) is 64.5 Å². The largest absolute Gasteiger partial charge is 1.00 e. The molecule has 57 heavy (non-hydrogen) atoms. The van der Waals surface area contributed by atoms with Crippen LogP contribution in [-0.2, 0) is 38.2 Å². The summed E-state index contributed by atoms with van der Waals surface area (Å²) in [7, 11) is 0. The Bertz CT molecular complexity index is 984. The number of carboxylic acids is 4. The number of ether oxygens (including phenoxy) is 2. The van der Waals surface area contributed by atoms with E-state index >= 15 is 0 Å². The van der Waals surface area contributed by atoms with Gasteiger partial charge in [0, 0.05) is 36.8 Å². The predicted molar refractivity (Wildman–Crippen MR) is 204 cm³/mol. The van der Waals surface area contributed by atoms with Gasteiger partial charge in [-0.2, -0.15) is 0 Å². The molecule has 0 aliphatic carbocycles. The average Bonchev–Trinajstić information content (AvgIpc) is 3.15. The third-order valence-corrected chi connectivity index (χ3v) is 7.79. The van der Waals surface area contributed by atoms with E-state index in [0.717, 1.165) is 77.0 Å². The van der Waals surface area contributed by atoms with Crippen molar-refractivity contribution in [2.75, 3.05) is 52.9 Å². The standard InChI is InChI=1S/2C10H18O4.2C9H16O5.K.H/c2*11-9(12)7-5-3-1-2-4-6-8-10(13)14;2*1-7(2)8(13)14-6-9(3-10,4-11)5-12;;/h2*1-8H2,(H,11,12)(H,13,14);2*10-12H,1,3-6H2,2H3;;/q;;;;+1;-1. The van der Waals surface area contributed by atoms with Gasteiger partial charge in [-0.3, -0.25) is 19.2 Å². The fourth-order valence-electron chi connectivity index (χ4n) is 3.78. The van der Waals surface area contributed by atoms with Gasteiger partial charge in [0.05, 0.1) is 50.5 Å². The maximum atomic E-state index is 11.0. The molecule has 0 fully saturated rings. The molecule has 10 N–H and O–H groups in total. The van der Waals surface area contributed by atoms with Crippen LogP contribution in [0.15, 0.2) is 24.3 Å². The molecule has 0 amide bonds. The van der Waals surface area contributed by atoms with Crippen LogP contribution in [0.1, 0.15) is 118 Å². The number of hydrogen-bond acceptors (Lipinski definition) is 14. The van der Waals surface area contributed by atoms with E-state index in [-0.39, 0.29) is 103 Å². The van der Waals surface area contributed by atoms with Crippen molar-refractivity contribution in [2.24, 2.45) is 10.8 Å². The summed E-state index contributed by atoms with van der Waals surface area (Å²) in [5, 5.41) is 86.8. The monoisotopic (exact) mass is 852 g/mol. The fraction of sp³-hybridized carbons (Fsp3) is 0.737. The van der Waals surface area contributed by atoms with E-state index in [1.54, 1.807) is 0 Å². The third kappa shape index (κ3) is 43.1. The molecule has 330 valence electrons. The van der Waals surface area contributed by atoms with E-state index in [1.165, 1.54) is 13.8 Å². The minimum Gasteiger partial charge on any atom is -1.00 e. The number of carbonyl (C=O) groups is 6. The smallest absolute Gasteiger partial charge is 1.00 e. The molecular formula is C38H69KO18. The number of carbonyl (C=O) groups excluding carboxylic acids is 2. The topological polar surface area (TPSA) is 323 Å². The number of aliphatic hydroxyl groups is 6. The minimum absolute atomic E-state index is 0. The van der Waals surface area contributed by atoms with Gasteiger partial charge in [-0.15, -0.1) is 0 Å². The number of unbranched alkanes of at least 4 members (excludes halogenated alkanes) is 10. The molecule has 0 aliphatic heterocycles. The van der Waals surface area contributed by atoms with Crippen LogP contribution >= 0.6 is 0 Å². The molecule has 0 heterocycles. The molecule has 0 saturated heterocycles. The summed E-state index contributed by atoms with van der Waals surface area (Å²) in [6.45, 7) is 6.52. The zero-order chi connectivity index (χ0) is 44.0. The van der Waals surface area contributed by atoms with E-state index in [9.17, 15) is 28.8 Å². The van der Waals surface area contributed by atoms with E-state index < -0.39 is 86.3 Å². The van der Waals surface area contributed by atoms with Crippen molar-refractivity contribution in [2.45, 2.75) is 117 Å². The molecule has 0 spiro atoms. The zero-order valence-corrected chi connectivity index (χ0v) is 37.2. The Morgan fingerprint density at radius 2 is 0.596 bits per heavy atom. The van der Waals surface area contributed by atoms with Crippen molar-refractivity contribution < 1.29 is 142 Å². The van der Waals surface area contributed by atoms with Crippen LogP contribution in [0.25, 0.3) is 0 Å². The Morgan fingerprint density at radius 3 is 0.737 bits per heavy atom. The normalized spacial score (nSPS) is 10.4. The Morgan fingerprint density at radius 1 is 0.421 bits per heavy atom. The second kappa shape index (κ2) is 41.8. The van der Waals surface area contributed by atoms with Gasteiger partial charge < -0.3 is 62.0 Å². The molecule has 0 unspecified atom stereocenters. The number of rotatable bonds is 30. The number of aliphatic carboxylic acids is 4. The van der Waals surface area contributed by atoms with E-state index in [1.807, 2.05) is 0 Å². The van der Waals surface area contributed by atoms with Crippen molar-refractivity contribution in [3.05, 3.63) is 24.3 Å². The molecule has 0 bridgehead atoms. The first-order valence-electron chi connectivity index (χ1n) is 18.5. The molecular weight excluding hydrogens is 783 g/mol. The minimum atomic E-state index is -1.18. The molecule has 0 atom stereocenters. The predicted octanol–water partition coefficient (Wildman–Crippen LogP) is -0.193. The third-order valence-electron chi connectivity index (χ3n) is 7.79. The van der Waals surface area contributed by atoms with Crippen molar-refractivity contribution in [1.29, 1.82) is 0 Å². The van der Waals surface area contributed by atoms with E-state index in [0.29, 0.717) is 0 Å². The van der Waals surface area contributed by atoms with Crippen LogP contribution in [0.5, 0.6) is 0 Å². The van der Waals surface area contributed by atoms with Crippen LogP contribution in [0.2, 0.25) is 0 Å². The van der Waals surface area contributed by atoms with Crippen molar-refractivity contribution in [1.82, 2.24) is 0 Å². The van der Waals surface area contributed by atoms with Crippen molar-refractivity contribution in [3.8, 4) is 0 Å². The van der Waals surface area contributed by atoms with E-state index in [2.05, 4.69) is 13.2 Å². The van der Waals surface area contributed by atoms with Gasteiger partial charge in [-0.05, 0) is 39.5 Å². The number of aliphatic hydroxyl groups excluding tert-OH is 6. The maximum Gasteiger partial charge on any atom is 1.00 e. The number of esters is 2. The Balaban J connectivity index is -0.000000154. The second-order valence-corrected chi connectivity index (χ2v) is 13.5. The fourth-order valence-corrected chi connectivity index (χ4v) is 3.78. The summed E-state index contributed by atoms with van der Waals surface area (Å²) in [4.78, 5) is 62.5. The SMILES string of the molecule is C=C(C)C(=O)OCC(CO)(CO)CO.C=C(C)C(=O)OCC(CO)(CO)CO.O=C(O)CCCCCCCCC(=O)O.O=C(O)CCCCCCCCC(=O)O.[H-].[K+]. The molecule has 0 aromatic heterocycles. The van der Waals surface area contributed by atoms with Gasteiger partial charge in [0.15, 0.2) is 0 Å². The molecule has 0 aliphatic rings. The molecule has 0 radical (unpaired) electrons. The van der Waals surface area contributed by atoms with Crippen LogP contribution in [0, 0.1) is 10.8 Å². The van der Waals surface area contributed by atoms with Gasteiger partial charge in [0.1, 0.15) is 13.2 Å². The summed E-state index contributed by atoms with van der Waals surface area (Å²) < 4.78 is 9.45. The van der Waals surface area contributed by atoms with Crippen LogP contribution in [0.3, 0.4) is 0 Å². The van der Waals surface area contributed by atoms with Gasteiger partial charge in [-0.25, -0.2) is 9.59 Å². The number of hydrogen-bond donors (Lipinski definition) is 10. The zero-order valence-electron chi connectivity index (χ0n) is 35.1. The van der Waals surface area contributed by atoms with Crippen molar-refractivity contribution in [3.63, 3.8) is 0 Å². The van der Waals surface area contributed by atoms with Crippen LogP contribution in [0.4, 0.5) is 0 Å². The van der Waals surface area contributed by atoms with Gasteiger partial charge >= 0.3 is 87.2 Å². The second-order valence-electron chi connectivity index (χ2n) is 13.5. The molecule has 0 rings (SSSR count). The first-order chi connectivity index (χ1) is 26.3. The van der Waals surface area contributed by atoms with Gasteiger partial charge in [0.25, 0.3) is 0 Å². The molecule has 0 aromatic rings. The van der Waals surface area contributed by atoms with Gasteiger partial charge in [0.2, 0.25) is 0 Å². The van der Waals surface area contributed by atoms with Crippen LogP contribution < -0.4 is 51.4 Å². The first-order valence-corrected chi connectivity index (χ1v) is 18.5. The average molecular weight is 853 g/mol. The summed E-state index contributed by atoms with van der Waals surface area (Å²) in [6, 6.07) is 0. The molecule has 0 saturated carbocycles. The Hall–Kier alpha value is -2.30. The summed E-state index contributed by atoms with van der Waals surface area (Å²) in [6.07, 6.45) is 11.6. The molecule has 0 aromatic carbocycles. The first kappa shape index (κ1) is 63.9. The maximum absolute atomic E-state index is 11.0. The summed E-state index contributed by atoms with van der Waals surface area (Å²) in [5.41, 5.74) is -1.89. The quantitative estimate of drug-likeness (QED) is 0.0194. The summed E-state index contributed by atoms with van der Waals surface area (Å²) in [5.74, 6) is -4.17. The Kier molecular flexibility index (Phi) is 46.9. The Labute approximate surface area is 379 Å².